The molecule has 3 aromatic heterocycles. The summed E-state index contributed by atoms with van der Waals surface area (Å²) in [5.41, 5.74) is 3.18. The zero-order valence-electron chi connectivity index (χ0n) is 27.9. The lowest BCUT2D eigenvalue weighted by Crippen LogP contribution is -2.46. The Morgan fingerprint density at radius 2 is 2.00 bits per heavy atom. The first-order valence-electron chi connectivity index (χ1n) is 16.2. The quantitative estimate of drug-likeness (QED) is 0.275. The molecule has 0 aliphatic carbocycles. The maximum Gasteiger partial charge on any atom is 0.274 e. The van der Waals surface area contributed by atoms with Crippen molar-refractivity contribution in [2.75, 3.05) is 49.5 Å². The zero-order valence-corrected chi connectivity index (χ0v) is 22.9. The molecule has 6 rings (SSSR count). The van der Waals surface area contributed by atoms with Crippen molar-refractivity contribution in [2.45, 2.75) is 25.4 Å². The molecule has 11 heteroatoms. The van der Waals surface area contributed by atoms with Crippen LogP contribution in [0.2, 0.25) is 0 Å². The van der Waals surface area contributed by atoms with Gasteiger partial charge in [0.05, 0.1) is 25.4 Å². The van der Waals surface area contributed by atoms with Crippen LogP contribution in [0, 0.1) is 0 Å². The van der Waals surface area contributed by atoms with Crippen molar-refractivity contribution < 1.29 is 21.2 Å². The summed E-state index contributed by atoms with van der Waals surface area (Å²) < 4.78 is 45.8. The minimum atomic E-state index is -2.25. The van der Waals surface area contributed by atoms with Crippen LogP contribution in [0.4, 0.5) is 11.5 Å². The maximum absolute atomic E-state index is 13.1. The Kier molecular flexibility index (Phi) is 6.56. The summed E-state index contributed by atoms with van der Waals surface area (Å²) in [6, 6.07) is 10.7. The minimum Gasteiger partial charge on any atom is -0.378 e. The summed E-state index contributed by atoms with van der Waals surface area (Å²) in [7, 11) is 0. The lowest BCUT2D eigenvalue weighted by molar-refractivity contribution is -0.117. The number of likely N-dealkylation sites (tertiary alicyclic amines) is 1. The molecule has 2 aliphatic heterocycles. The first-order valence-corrected chi connectivity index (χ1v) is 13.7. The van der Waals surface area contributed by atoms with Gasteiger partial charge in [0.15, 0.2) is 0 Å². The first-order chi connectivity index (χ1) is 22.4. The van der Waals surface area contributed by atoms with Gasteiger partial charge in [-0.3, -0.25) is 19.5 Å². The van der Waals surface area contributed by atoms with E-state index in [4.69, 9.17) is 11.6 Å². The number of nitrogens with one attached hydrogen (secondary N) is 3. The third-order valence-electron chi connectivity index (χ3n) is 7.21. The largest absolute Gasteiger partial charge is 0.378 e. The molecule has 0 unspecified atom stereocenters. The number of aromatic nitrogens is 4. The van der Waals surface area contributed by atoms with E-state index >= 15 is 0 Å². The Morgan fingerprint density at radius 3 is 2.81 bits per heavy atom. The second kappa shape index (κ2) is 12.5. The number of fused-ring (bicyclic) bond motifs is 1. The molecule has 4 aromatic rings. The number of benzene rings is 1. The zero-order chi connectivity index (χ0) is 33.3. The van der Waals surface area contributed by atoms with E-state index in [9.17, 15) is 9.59 Å². The van der Waals surface area contributed by atoms with E-state index in [1.54, 1.807) is 36.5 Å². The highest BCUT2D eigenvalue weighted by Crippen LogP contribution is 2.29. The molecule has 2 fully saturated rings. The minimum absolute atomic E-state index is 0.0532. The van der Waals surface area contributed by atoms with Crippen molar-refractivity contribution in [1.82, 2.24) is 30.2 Å². The number of H-pyrrole nitrogens is 1. The number of nitrogens with zero attached hydrogens (tertiary/aromatic N) is 5. The number of aromatic amines is 1. The fourth-order valence-corrected chi connectivity index (χ4v) is 5.17. The second-order valence-electron chi connectivity index (χ2n) is 10.2. The molecule has 216 valence electrons. The summed E-state index contributed by atoms with van der Waals surface area (Å²) in [4.78, 5) is 44.4. The van der Waals surface area contributed by atoms with Crippen LogP contribution in [0.1, 0.15) is 35.7 Å². The number of pyridine rings is 1. The molecule has 2 amide bonds. The number of piperidine rings is 1. The number of hydrogen-bond donors (Lipinski definition) is 3. The van der Waals surface area contributed by atoms with Crippen molar-refractivity contribution in [3.63, 3.8) is 0 Å². The van der Waals surface area contributed by atoms with Crippen molar-refractivity contribution in [3.05, 3.63) is 78.9 Å². The van der Waals surface area contributed by atoms with Crippen LogP contribution >= 0.6 is 0 Å². The Labute approximate surface area is 251 Å². The number of morpholine rings is 1. The fourth-order valence-electron chi connectivity index (χ4n) is 5.17. The second-order valence-corrected chi connectivity index (χ2v) is 10.2. The standard InChI is InChI=1S/C31H34N8O3/c1-2-28(40)35-24-4-3-11-38(19-24)18-21-9-10-32-27(16-21)31(41)36-23-7-5-22(6-8-23)26-17-25-29(37-26)33-20-34-30(25)39-12-14-42-15-13-39/h2,5-10,16-17,20,24H,1,3-4,11-15,18-19H2,(H,35,40)(H,36,41)(H,33,34,37)/t24-/m0/s1/i14D2,15D2,17D. The first kappa shape index (κ1) is 22.0. The smallest absolute Gasteiger partial charge is 0.274 e. The third kappa shape index (κ3) is 6.32. The van der Waals surface area contributed by atoms with Crippen LogP contribution in [-0.4, -0.2) is 82.0 Å². The van der Waals surface area contributed by atoms with Crippen molar-refractivity contribution in [3.8, 4) is 11.3 Å². The Morgan fingerprint density at radius 1 is 1.17 bits per heavy atom. The van der Waals surface area contributed by atoms with Gasteiger partial charge in [-0.15, -0.1) is 0 Å². The fraction of sp³-hybridized carbons (Fsp3) is 0.323. The van der Waals surface area contributed by atoms with Gasteiger partial charge in [0, 0.05) is 49.8 Å². The molecule has 0 spiro atoms. The van der Waals surface area contributed by atoms with E-state index in [1.165, 1.54) is 17.3 Å². The molecule has 2 aliphatic rings. The molecule has 0 radical (unpaired) electrons. The number of hydrogen-bond acceptors (Lipinski definition) is 8. The van der Waals surface area contributed by atoms with Crippen LogP contribution in [0.3, 0.4) is 0 Å². The maximum atomic E-state index is 13.1. The average molecular weight is 572 g/mol. The Hall–Kier alpha value is -4.61. The molecule has 0 saturated carbocycles. The summed E-state index contributed by atoms with van der Waals surface area (Å²) >= 11 is 0. The van der Waals surface area contributed by atoms with Gasteiger partial charge in [-0.05, 0) is 66.9 Å². The molecule has 1 atom stereocenters. The molecule has 2 saturated heterocycles. The Balaban J connectivity index is 1.14. The predicted octanol–water partition coefficient (Wildman–Crippen LogP) is 3.38. The molecule has 5 heterocycles. The summed E-state index contributed by atoms with van der Waals surface area (Å²) in [6.07, 6.45) is 6.03. The van der Waals surface area contributed by atoms with Gasteiger partial charge in [0.1, 0.15) is 23.5 Å². The normalized spacial score (nSPS) is 21.8. The van der Waals surface area contributed by atoms with E-state index in [0.29, 0.717) is 41.1 Å². The highest BCUT2D eigenvalue weighted by molar-refractivity contribution is 6.03. The summed E-state index contributed by atoms with van der Waals surface area (Å²) in [5.74, 6) is -0.316. The molecule has 1 aromatic carbocycles. The molecule has 42 heavy (non-hydrogen) atoms. The van der Waals surface area contributed by atoms with Gasteiger partial charge in [-0.1, -0.05) is 18.7 Å². The number of rotatable bonds is 8. The lowest BCUT2D eigenvalue weighted by Gasteiger charge is -2.33. The van der Waals surface area contributed by atoms with E-state index in [-0.39, 0.29) is 48.5 Å². The van der Waals surface area contributed by atoms with Gasteiger partial charge in [0.2, 0.25) is 5.91 Å². The monoisotopic (exact) mass is 571 g/mol. The average Bonchev–Trinajstić information content (AvgIpc) is 3.36. The molecule has 0 bridgehead atoms. The molecular formula is C31H34N8O3. The van der Waals surface area contributed by atoms with Gasteiger partial charge >= 0.3 is 0 Å². The van der Waals surface area contributed by atoms with Crippen LogP contribution in [0.5, 0.6) is 0 Å². The van der Waals surface area contributed by atoms with Crippen molar-refractivity contribution in [2.24, 2.45) is 0 Å². The Bertz CT molecular complexity index is 1800. The highest BCUT2D eigenvalue weighted by atomic mass is 16.5. The van der Waals surface area contributed by atoms with E-state index in [2.05, 4.69) is 42.0 Å². The third-order valence-corrected chi connectivity index (χ3v) is 7.21. The van der Waals surface area contributed by atoms with E-state index in [1.807, 2.05) is 6.07 Å². The van der Waals surface area contributed by atoms with Crippen LogP contribution in [0.15, 0.2) is 67.6 Å². The van der Waals surface area contributed by atoms with Gasteiger partial charge < -0.3 is 25.3 Å². The van der Waals surface area contributed by atoms with Crippen molar-refractivity contribution in [1.29, 1.82) is 0 Å². The van der Waals surface area contributed by atoms with Crippen LogP contribution < -0.4 is 15.5 Å². The molecule has 3 N–H and O–H groups in total. The summed E-state index contributed by atoms with van der Waals surface area (Å²) in [5, 5.41) is 6.17. The van der Waals surface area contributed by atoms with Gasteiger partial charge in [0.25, 0.3) is 5.91 Å². The van der Waals surface area contributed by atoms with Crippen LogP contribution in [-0.2, 0) is 16.1 Å². The highest BCUT2D eigenvalue weighted by Gasteiger charge is 2.21. The number of ether oxygens (including phenoxy) is 1. The van der Waals surface area contributed by atoms with Crippen molar-refractivity contribution >= 4 is 34.4 Å². The predicted molar refractivity (Wildman–Crippen MR) is 161 cm³/mol. The van der Waals surface area contributed by atoms with Crippen LogP contribution in [0.25, 0.3) is 22.3 Å². The molecular weight excluding hydrogens is 532 g/mol. The van der Waals surface area contributed by atoms with Gasteiger partial charge in [-0.2, -0.15) is 0 Å². The SMILES string of the molecule is [2H]c1c(-c2ccc(NC(=O)c3cc(CN4CCC[C@H](NC(=O)C=C)C4)ccn3)cc2)[nH]c2ncnc(N3CC([2H])([2H])OC([2H])([2H])C3)c12. The topological polar surface area (TPSA) is 128 Å². The van der Waals surface area contributed by atoms with E-state index in [0.717, 1.165) is 24.9 Å². The summed E-state index contributed by atoms with van der Waals surface area (Å²) in [6.45, 7) is 0.708. The number of carbonyl (C=O) groups is 2. The lowest BCUT2D eigenvalue weighted by atomic mass is 10.0. The number of anilines is 2. The number of amides is 2. The van der Waals surface area contributed by atoms with Gasteiger partial charge in [-0.25, -0.2) is 9.97 Å². The molecule has 11 nitrogen and oxygen atoms in total. The van der Waals surface area contributed by atoms with E-state index < -0.39 is 13.1 Å². The number of carbonyl (C=O) groups excluding carboxylic acids is 2.